The number of amides is 1. The van der Waals surface area contributed by atoms with Crippen LogP contribution in [0.4, 0.5) is 21.7 Å². The van der Waals surface area contributed by atoms with Crippen LogP contribution in [-0.4, -0.2) is 77.0 Å². The Hall–Kier alpha value is -3.98. The minimum absolute atomic E-state index is 0.181. The lowest BCUT2D eigenvalue weighted by atomic mass is 9.95. The largest absolute Gasteiger partial charge is 0.368 e. The highest BCUT2D eigenvalue weighted by Crippen LogP contribution is 2.29. The Morgan fingerprint density at radius 1 is 1.00 bits per heavy atom. The normalized spacial score (nSPS) is 17.2. The molecule has 0 spiro atoms. The van der Waals surface area contributed by atoms with Gasteiger partial charge in [0, 0.05) is 72.3 Å². The summed E-state index contributed by atoms with van der Waals surface area (Å²) in [6.45, 7) is 5.22. The zero-order valence-electron chi connectivity index (χ0n) is 21.5. The van der Waals surface area contributed by atoms with E-state index >= 15 is 0 Å². The third kappa shape index (κ3) is 5.06. The van der Waals surface area contributed by atoms with Gasteiger partial charge >= 0.3 is 0 Å². The number of rotatable bonds is 5. The lowest BCUT2D eigenvalue weighted by Crippen LogP contribution is -2.51. The molecule has 4 heterocycles. The predicted octanol–water partition coefficient (Wildman–Crippen LogP) is 4.50. The van der Waals surface area contributed by atoms with Crippen LogP contribution in [0.3, 0.4) is 0 Å². The van der Waals surface area contributed by atoms with Crippen LogP contribution in [0.2, 0.25) is 0 Å². The number of hydrogen-bond acceptors (Lipinski definition) is 6. The maximum atomic E-state index is 13.8. The lowest BCUT2D eigenvalue weighted by molar-refractivity contribution is -0.137. The fraction of sp³-hybridized carbons (Fsp3) is 0.345. The number of nitrogens with one attached hydrogen (secondary N) is 2. The van der Waals surface area contributed by atoms with Gasteiger partial charge in [-0.15, -0.1) is 0 Å². The molecule has 2 aliphatic heterocycles. The molecular weight excluding hydrogens is 481 g/mol. The van der Waals surface area contributed by atoms with Crippen molar-refractivity contribution in [1.29, 1.82) is 0 Å². The average molecular weight is 514 g/mol. The first-order valence-electron chi connectivity index (χ1n) is 13.2. The fourth-order valence-corrected chi connectivity index (χ4v) is 5.46. The van der Waals surface area contributed by atoms with Crippen molar-refractivity contribution in [1.82, 2.24) is 24.8 Å². The predicted molar refractivity (Wildman–Crippen MR) is 148 cm³/mol. The van der Waals surface area contributed by atoms with Crippen molar-refractivity contribution in [3.05, 3.63) is 66.7 Å². The van der Waals surface area contributed by atoms with Crippen molar-refractivity contribution in [3.8, 4) is 11.3 Å². The average Bonchev–Trinajstić information content (AvgIpc) is 3.37. The van der Waals surface area contributed by atoms with Gasteiger partial charge in [-0.25, -0.2) is 14.4 Å². The molecular formula is C29H32FN7O. The molecule has 8 nitrogen and oxygen atoms in total. The van der Waals surface area contributed by atoms with Crippen molar-refractivity contribution in [3.63, 3.8) is 0 Å². The Morgan fingerprint density at radius 3 is 2.53 bits per heavy atom. The van der Waals surface area contributed by atoms with Gasteiger partial charge in [0.2, 0.25) is 11.9 Å². The number of halogens is 1. The van der Waals surface area contributed by atoms with E-state index in [1.165, 1.54) is 12.1 Å². The summed E-state index contributed by atoms with van der Waals surface area (Å²) in [5.74, 6) is 0.705. The molecule has 0 aliphatic carbocycles. The van der Waals surface area contributed by atoms with Crippen LogP contribution in [0.15, 0.2) is 60.9 Å². The summed E-state index contributed by atoms with van der Waals surface area (Å²) < 4.78 is 13.8. The van der Waals surface area contributed by atoms with Crippen LogP contribution >= 0.6 is 0 Å². The van der Waals surface area contributed by atoms with Crippen LogP contribution in [0.5, 0.6) is 0 Å². The molecule has 0 unspecified atom stereocenters. The third-order valence-electron chi connectivity index (χ3n) is 7.72. The van der Waals surface area contributed by atoms with Crippen LogP contribution in [0.25, 0.3) is 22.2 Å². The maximum absolute atomic E-state index is 13.8. The molecule has 0 atom stereocenters. The summed E-state index contributed by atoms with van der Waals surface area (Å²) >= 11 is 0. The summed E-state index contributed by atoms with van der Waals surface area (Å²) in [5.41, 5.74) is 4.42. The Labute approximate surface area is 221 Å². The summed E-state index contributed by atoms with van der Waals surface area (Å²) in [6, 6.07) is 14.7. The molecule has 9 heteroatoms. The number of fused-ring (bicyclic) bond motifs is 1. The molecule has 0 saturated carbocycles. The first-order chi connectivity index (χ1) is 18.5. The highest BCUT2D eigenvalue weighted by molar-refractivity contribution is 5.94. The van der Waals surface area contributed by atoms with E-state index in [0.29, 0.717) is 17.5 Å². The fourth-order valence-electron chi connectivity index (χ4n) is 5.46. The van der Waals surface area contributed by atoms with Crippen LogP contribution in [-0.2, 0) is 4.79 Å². The summed E-state index contributed by atoms with van der Waals surface area (Å²) in [6.07, 6.45) is 5.48. The van der Waals surface area contributed by atoms with Crippen molar-refractivity contribution < 1.29 is 9.18 Å². The molecule has 196 valence electrons. The molecule has 6 rings (SSSR count). The standard InChI is InChI=1S/C29H32FN7O/c1-35-12-9-20(10-13-35)28(38)37-16-14-36(15-17-37)23-5-3-22(4-6-23)33-29-31-11-8-27(34-29)25-19-32-26-7-2-21(30)18-24(25)26/h2-8,11,18-20,32H,9-10,12-17H2,1H3,(H,31,33,34). The van der Waals surface area contributed by atoms with Crippen molar-refractivity contribution in [2.24, 2.45) is 5.92 Å². The molecule has 0 bridgehead atoms. The Balaban J connectivity index is 1.08. The minimum atomic E-state index is -0.281. The molecule has 2 aromatic carbocycles. The molecule has 2 aliphatic rings. The minimum Gasteiger partial charge on any atom is -0.368 e. The van der Waals surface area contributed by atoms with E-state index < -0.39 is 0 Å². The summed E-state index contributed by atoms with van der Waals surface area (Å²) in [4.78, 5) is 31.8. The lowest BCUT2D eigenvalue weighted by Gasteiger charge is -2.39. The van der Waals surface area contributed by atoms with Crippen molar-refractivity contribution in [2.75, 3.05) is 56.5 Å². The van der Waals surface area contributed by atoms with Crippen LogP contribution < -0.4 is 10.2 Å². The molecule has 1 amide bonds. The molecule has 2 aromatic heterocycles. The number of nitrogens with zero attached hydrogens (tertiary/aromatic N) is 5. The first-order valence-corrected chi connectivity index (χ1v) is 13.2. The zero-order chi connectivity index (χ0) is 26.1. The molecule has 2 N–H and O–H groups in total. The number of benzene rings is 2. The summed E-state index contributed by atoms with van der Waals surface area (Å²) in [7, 11) is 2.12. The van der Waals surface area contributed by atoms with Gasteiger partial charge in [-0.05, 0) is 81.5 Å². The number of piperidine rings is 1. The van der Waals surface area contributed by atoms with Crippen LogP contribution in [0, 0.1) is 11.7 Å². The number of carbonyl (C=O) groups is 1. The number of likely N-dealkylation sites (tertiary alicyclic amines) is 1. The number of anilines is 3. The number of aromatic amines is 1. The van der Waals surface area contributed by atoms with Gasteiger partial charge in [0.25, 0.3) is 0 Å². The smallest absolute Gasteiger partial charge is 0.227 e. The molecule has 4 aromatic rings. The van der Waals surface area contributed by atoms with Crippen molar-refractivity contribution in [2.45, 2.75) is 12.8 Å². The van der Waals surface area contributed by atoms with Gasteiger partial charge in [-0.3, -0.25) is 4.79 Å². The summed E-state index contributed by atoms with van der Waals surface area (Å²) in [5, 5.41) is 4.06. The third-order valence-corrected chi connectivity index (χ3v) is 7.72. The van der Waals surface area contributed by atoms with Gasteiger partial charge < -0.3 is 25.0 Å². The second-order valence-corrected chi connectivity index (χ2v) is 10.2. The zero-order valence-corrected chi connectivity index (χ0v) is 21.5. The first kappa shape index (κ1) is 24.4. The number of carbonyl (C=O) groups excluding carboxylic acids is 1. The van der Waals surface area contributed by atoms with Gasteiger partial charge in [-0.1, -0.05) is 0 Å². The number of hydrogen-bond donors (Lipinski definition) is 2. The highest BCUT2D eigenvalue weighted by atomic mass is 19.1. The molecule has 38 heavy (non-hydrogen) atoms. The number of H-pyrrole nitrogens is 1. The number of aromatic nitrogens is 3. The van der Waals surface area contributed by atoms with E-state index in [0.717, 1.165) is 80.0 Å². The topological polar surface area (TPSA) is 80.4 Å². The second kappa shape index (κ2) is 10.4. The molecule has 2 fully saturated rings. The van der Waals surface area contributed by atoms with Gasteiger partial charge in [0.15, 0.2) is 0 Å². The molecule has 2 saturated heterocycles. The van der Waals surface area contributed by atoms with E-state index in [9.17, 15) is 9.18 Å². The van der Waals surface area contributed by atoms with E-state index in [4.69, 9.17) is 0 Å². The Kier molecular flexibility index (Phi) is 6.68. The van der Waals surface area contributed by atoms with Crippen molar-refractivity contribution >= 4 is 34.1 Å². The maximum Gasteiger partial charge on any atom is 0.227 e. The van der Waals surface area contributed by atoms with E-state index in [-0.39, 0.29) is 11.7 Å². The number of piperazine rings is 1. The van der Waals surface area contributed by atoms with E-state index in [1.807, 2.05) is 24.4 Å². The van der Waals surface area contributed by atoms with Gasteiger partial charge in [0.05, 0.1) is 5.69 Å². The Morgan fingerprint density at radius 2 is 1.76 bits per heavy atom. The van der Waals surface area contributed by atoms with Gasteiger partial charge in [0.1, 0.15) is 5.82 Å². The SMILES string of the molecule is CN1CCC(C(=O)N2CCN(c3ccc(Nc4nccc(-c5c[nH]c6ccc(F)cc56)n4)cc3)CC2)CC1. The monoisotopic (exact) mass is 513 g/mol. The second-order valence-electron chi connectivity index (χ2n) is 10.2. The van der Waals surface area contributed by atoms with Gasteiger partial charge in [-0.2, -0.15) is 0 Å². The Bertz CT molecular complexity index is 1420. The van der Waals surface area contributed by atoms with Crippen LogP contribution in [0.1, 0.15) is 12.8 Å². The van der Waals surface area contributed by atoms with E-state index in [2.05, 4.69) is 54.1 Å². The molecule has 0 radical (unpaired) electrons. The van der Waals surface area contributed by atoms with E-state index in [1.54, 1.807) is 12.3 Å². The quantitative estimate of drug-likeness (QED) is 0.409. The highest BCUT2D eigenvalue weighted by Gasteiger charge is 2.29.